The summed E-state index contributed by atoms with van der Waals surface area (Å²) in [6, 6.07) is 119. The van der Waals surface area contributed by atoms with Crippen molar-refractivity contribution in [1.82, 2.24) is 9.13 Å². The fourth-order valence-corrected chi connectivity index (χ4v) is 24.4. The maximum absolute atomic E-state index is 7.54. The predicted octanol–water partition coefficient (Wildman–Crippen LogP) is 11.4. The van der Waals surface area contributed by atoms with E-state index in [1.165, 1.54) is 63.0 Å². The maximum Gasteiger partial charge on any atom is 0.260 e. The Labute approximate surface area is 495 Å². The molecule has 0 fully saturated rings. The monoisotopic (exact) mass is 1120 g/mol. The first-order valence-corrected chi connectivity index (χ1v) is 33.3. The summed E-state index contributed by atoms with van der Waals surface area (Å²) in [6.07, 6.45) is 0. The van der Waals surface area contributed by atoms with Gasteiger partial charge in [-0.25, -0.2) is 0 Å². The van der Waals surface area contributed by atoms with Crippen molar-refractivity contribution in [1.29, 1.82) is 0 Å². The molecule has 4 heterocycles. The van der Waals surface area contributed by atoms with E-state index in [-0.39, 0.29) is 6.71 Å². The average Bonchev–Trinajstić information content (AvgIpc) is 2.21. The van der Waals surface area contributed by atoms with Crippen molar-refractivity contribution < 1.29 is 9.47 Å². The number of ether oxygens (including phenoxy) is 2. The van der Waals surface area contributed by atoms with Crippen molar-refractivity contribution in [3.63, 3.8) is 0 Å². The van der Waals surface area contributed by atoms with Gasteiger partial charge in [0, 0.05) is 39.1 Å². The molecule has 2 aliphatic heterocycles. The molecule has 85 heavy (non-hydrogen) atoms. The molecule has 0 amide bonds. The molecule has 0 saturated heterocycles. The van der Waals surface area contributed by atoms with Crippen LogP contribution in [0.5, 0.6) is 23.0 Å². The van der Waals surface area contributed by atoms with Gasteiger partial charge in [0.1, 0.15) is 23.0 Å². The molecule has 13 aromatic carbocycles. The number of nitrogens with zero attached hydrogens (tertiary/aromatic N) is 2. The van der Waals surface area contributed by atoms with E-state index in [2.05, 4.69) is 331 Å². The summed E-state index contributed by atoms with van der Waals surface area (Å²) in [6.45, 7) is -0.263. The molecular formula is C78H53BN2O2Si2. The molecule has 15 aromatic rings. The van der Waals surface area contributed by atoms with Crippen molar-refractivity contribution in [3.05, 3.63) is 322 Å². The molecule has 0 bridgehead atoms. The van der Waals surface area contributed by atoms with E-state index < -0.39 is 16.1 Å². The van der Waals surface area contributed by atoms with Crippen LogP contribution in [0.25, 0.3) is 55.0 Å². The summed E-state index contributed by atoms with van der Waals surface area (Å²) in [5.74, 6) is 3.24. The number of rotatable bonds is 10. The van der Waals surface area contributed by atoms with E-state index in [9.17, 15) is 0 Å². The van der Waals surface area contributed by atoms with E-state index in [4.69, 9.17) is 9.47 Å². The fraction of sp³-hybridized carbons (Fsp3) is 0. The molecule has 2 aliphatic rings. The molecular weight excluding hydrogens is 1060 g/mol. The summed E-state index contributed by atoms with van der Waals surface area (Å²) < 4.78 is 20.0. The van der Waals surface area contributed by atoms with Gasteiger partial charge in [-0.2, -0.15) is 0 Å². The molecule has 0 N–H and O–H groups in total. The van der Waals surface area contributed by atoms with Gasteiger partial charge in [0.15, 0.2) is 16.1 Å². The topological polar surface area (TPSA) is 28.3 Å². The van der Waals surface area contributed by atoms with E-state index in [0.29, 0.717) is 0 Å². The highest BCUT2D eigenvalue weighted by Crippen LogP contribution is 2.43. The molecule has 0 radical (unpaired) electrons. The number of fused-ring (bicyclic) bond motifs is 10. The van der Waals surface area contributed by atoms with Gasteiger partial charge in [-0.1, -0.05) is 273 Å². The Balaban J connectivity index is 0.947. The molecule has 4 nitrogen and oxygen atoms in total. The van der Waals surface area contributed by atoms with Crippen molar-refractivity contribution in [3.8, 4) is 34.4 Å². The summed E-state index contributed by atoms with van der Waals surface area (Å²) >= 11 is 0. The Bertz CT molecular complexity index is 4630. The zero-order chi connectivity index (χ0) is 56.1. The molecule has 398 valence electrons. The highest BCUT2D eigenvalue weighted by Gasteiger charge is 2.48. The predicted molar refractivity (Wildman–Crippen MR) is 360 cm³/mol. The molecule has 17 rings (SSSR count). The first-order chi connectivity index (χ1) is 42.2. The summed E-state index contributed by atoms with van der Waals surface area (Å²) in [5.41, 5.74) is 9.85. The highest BCUT2D eigenvalue weighted by atomic mass is 28.3. The summed E-state index contributed by atoms with van der Waals surface area (Å²) in [5, 5.41) is 15.3. The van der Waals surface area contributed by atoms with Gasteiger partial charge in [-0.05, 0) is 88.8 Å². The lowest BCUT2D eigenvalue weighted by Gasteiger charge is -2.38. The Hall–Kier alpha value is -10.4. The van der Waals surface area contributed by atoms with Crippen LogP contribution in [-0.2, 0) is 0 Å². The van der Waals surface area contributed by atoms with Crippen LogP contribution in [0.1, 0.15) is 0 Å². The Morgan fingerprint density at radius 2 is 0.588 bits per heavy atom. The van der Waals surface area contributed by atoms with Crippen molar-refractivity contribution >= 4 is 124 Å². The van der Waals surface area contributed by atoms with Gasteiger partial charge in [0.05, 0.1) is 33.4 Å². The van der Waals surface area contributed by atoms with Crippen LogP contribution in [0.15, 0.2) is 322 Å². The SMILES string of the molecule is c1ccc([Si](c2ccccc2)(c2ccccc2)c2ccc3c(c2)B2c4cc([Si](c5ccccc5)(c5ccccc5)c5ccccc5)ccc4Oc4cc(-n5c6ccccc6c6cccc(-n7c8ccccc8c8ccccc87)c65)cc(c42)O3)cc1. The number of aromatic nitrogens is 2. The largest absolute Gasteiger partial charge is 0.458 e. The van der Waals surface area contributed by atoms with E-state index in [0.717, 1.165) is 72.8 Å². The van der Waals surface area contributed by atoms with Crippen LogP contribution in [0.4, 0.5) is 0 Å². The van der Waals surface area contributed by atoms with Gasteiger partial charge in [0.2, 0.25) is 0 Å². The third-order valence-corrected chi connectivity index (χ3v) is 27.9. The standard InChI is InChI=1S/C78H53BN2O2Si2/c1-7-26-55(27-8-1)84(56-28-9-2-10-29-56,57-30-11-3-12-31-57)61-46-48-73-67(52-61)79-68-53-62(85(58-32-13-4-14-33-58,59-34-15-5-16-35-59)60-36-17-6-18-37-60)47-49-74(68)83-76-51-54(50-75(82-73)77(76)79)80-69-42-22-21-40-65(69)66-41-25-45-72(78(66)80)81-70-43-23-19-38-63(70)64-39-20-24-44-71(64)81/h1-53H. The second kappa shape index (κ2) is 19.6. The average molecular weight is 1120 g/mol. The minimum Gasteiger partial charge on any atom is -0.458 e. The smallest absolute Gasteiger partial charge is 0.260 e. The first kappa shape index (κ1) is 49.2. The molecule has 0 saturated carbocycles. The highest BCUT2D eigenvalue weighted by molar-refractivity contribution is 7.21. The van der Waals surface area contributed by atoms with E-state index in [1.807, 2.05) is 0 Å². The molecule has 0 unspecified atom stereocenters. The minimum absolute atomic E-state index is 0.263. The van der Waals surface area contributed by atoms with Crippen LogP contribution < -0.4 is 67.4 Å². The lowest BCUT2D eigenvalue weighted by molar-refractivity contribution is 0.464. The summed E-state index contributed by atoms with van der Waals surface area (Å²) in [7, 11) is -6.00. The lowest BCUT2D eigenvalue weighted by Crippen LogP contribution is -2.76. The lowest BCUT2D eigenvalue weighted by atomic mass is 9.35. The molecule has 0 aliphatic carbocycles. The molecule has 7 heteroatoms. The number of hydrogen-bond acceptors (Lipinski definition) is 2. The van der Waals surface area contributed by atoms with Gasteiger partial charge < -0.3 is 18.6 Å². The van der Waals surface area contributed by atoms with Gasteiger partial charge in [-0.3, -0.25) is 0 Å². The number of benzene rings is 13. The number of hydrogen-bond donors (Lipinski definition) is 0. The second-order valence-corrected chi connectivity index (χ2v) is 30.2. The normalized spacial score (nSPS) is 12.6. The van der Waals surface area contributed by atoms with Gasteiger partial charge in [-0.15, -0.1) is 0 Å². The zero-order valence-electron chi connectivity index (χ0n) is 46.4. The van der Waals surface area contributed by atoms with E-state index >= 15 is 0 Å². The first-order valence-electron chi connectivity index (χ1n) is 29.3. The van der Waals surface area contributed by atoms with Crippen molar-refractivity contribution in [2.45, 2.75) is 0 Å². The third kappa shape index (κ3) is 7.34. The zero-order valence-corrected chi connectivity index (χ0v) is 48.4. The fourth-order valence-electron chi connectivity index (χ4n) is 14.8. The minimum atomic E-state index is -3.00. The van der Waals surface area contributed by atoms with Gasteiger partial charge in [0.25, 0.3) is 6.71 Å². The molecule has 0 spiro atoms. The van der Waals surface area contributed by atoms with Crippen LogP contribution in [0, 0.1) is 0 Å². The van der Waals surface area contributed by atoms with Crippen molar-refractivity contribution in [2.75, 3.05) is 0 Å². The van der Waals surface area contributed by atoms with Gasteiger partial charge >= 0.3 is 0 Å². The molecule has 0 atom stereocenters. The third-order valence-electron chi connectivity index (χ3n) is 18.3. The van der Waals surface area contributed by atoms with Crippen LogP contribution in [-0.4, -0.2) is 32.0 Å². The summed E-state index contributed by atoms with van der Waals surface area (Å²) in [4.78, 5) is 0. The number of para-hydroxylation sites is 4. The Kier molecular flexibility index (Phi) is 11.3. The Morgan fingerprint density at radius 3 is 0.976 bits per heavy atom. The molecule has 2 aromatic heterocycles. The van der Waals surface area contributed by atoms with Crippen molar-refractivity contribution in [2.24, 2.45) is 0 Å². The van der Waals surface area contributed by atoms with E-state index in [1.54, 1.807) is 0 Å². The maximum atomic E-state index is 7.54. The quantitative estimate of drug-likeness (QED) is 0.101. The Morgan fingerprint density at radius 1 is 0.259 bits per heavy atom. The van der Waals surface area contributed by atoms with Crippen LogP contribution in [0.2, 0.25) is 0 Å². The van der Waals surface area contributed by atoms with Crippen LogP contribution in [0.3, 0.4) is 0 Å². The van der Waals surface area contributed by atoms with Crippen LogP contribution >= 0.6 is 0 Å². The second-order valence-electron chi connectivity index (χ2n) is 22.6.